The molecule has 0 atom stereocenters. The number of carbonyl (C=O) groups is 1. The molecule has 0 saturated carbocycles. The summed E-state index contributed by atoms with van der Waals surface area (Å²) in [6, 6.07) is 10.1. The van der Waals surface area contributed by atoms with E-state index in [0.29, 0.717) is 11.7 Å². The number of halogens is 1. The SMILES string of the molecule is Cc1nn(Cc2ccccc2)c(Cl)c1/C=C/C(=O)N1CCCCC1. The van der Waals surface area contributed by atoms with Gasteiger partial charge in [0.15, 0.2) is 0 Å². The maximum atomic E-state index is 12.3. The van der Waals surface area contributed by atoms with Crippen molar-refractivity contribution in [3.63, 3.8) is 0 Å². The summed E-state index contributed by atoms with van der Waals surface area (Å²) in [7, 11) is 0. The van der Waals surface area contributed by atoms with Crippen LogP contribution in [0.5, 0.6) is 0 Å². The molecule has 2 aromatic rings. The molecule has 0 radical (unpaired) electrons. The lowest BCUT2D eigenvalue weighted by atomic mass is 10.1. The number of likely N-dealkylation sites (tertiary alicyclic amines) is 1. The lowest BCUT2D eigenvalue weighted by molar-refractivity contribution is -0.126. The summed E-state index contributed by atoms with van der Waals surface area (Å²) in [6.45, 7) is 4.24. The number of hydrogen-bond donors (Lipinski definition) is 0. The van der Waals surface area contributed by atoms with Crippen LogP contribution in [-0.4, -0.2) is 33.7 Å². The van der Waals surface area contributed by atoms with Crippen LogP contribution in [0.2, 0.25) is 5.15 Å². The van der Waals surface area contributed by atoms with E-state index >= 15 is 0 Å². The first-order valence-electron chi connectivity index (χ1n) is 8.39. The Labute approximate surface area is 147 Å². The molecule has 4 nitrogen and oxygen atoms in total. The van der Waals surface area contributed by atoms with E-state index in [1.165, 1.54) is 6.42 Å². The Morgan fingerprint density at radius 2 is 1.92 bits per heavy atom. The van der Waals surface area contributed by atoms with Crippen LogP contribution in [-0.2, 0) is 11.3 Å². The predicted molar refractivity (Wildman–Crippen MR) is 97.0 cm³/mol. The van der Waals surface area contributed by atoms with E-state index in [9.17, 15) is 4.79 Å². The molecule has 0 unspecified atom stereocenters. The Kier molecular flexibility index (Phi) is 5.36. The van der Waals surface area contributed by atoms with E-state index in [1.807, 2.05) is 42.2 Å². The fraction of sp³-hybridized carbons (Fsp3) is 0.368. The number of aromatic nitrogens is 2. The fourth-order valence-electron chi connectivity index (χ4n) is 2.99. The smallest absolute Gasteiger partial charge is 0.246 e. The van der Waals surface area contributed by atoms with Gasteiger partial charge >= 0.3 is 0 Å². The zero-order valence-corrected chi connectivity index (χ0v) is 14.7. The van der Waals surface area contributed by atoms with Crippen LogP contribution in [0.4, 0.5) is 0 Å². The van der Waals surface area contributed by atoms with Gasteiger partial charge < -0.3 is 4.90 Å². The normalized spacial score (nSPS) is 15.2. The zero-order chi connectivity index (χ0) is 16.9. The van der Waals surface area contributed by atoms with Crippen molar-refractivity contribution in [2.75, 3.05) is 13.1 Å². The minimum Gasteiger partial charge on any atom is -0.339 e. The molecule has 24 heavy (non-hydrogen) atoms. The van der Waals surface area contributed by atoms with Gasteiger partial charge in [-0.2, -0.15) is 5.10 Å². The van der Waals surface area contributed by atoms with Crippen LogP contribution in [0, 0.1) is 6.92 Å². The molecule has 0 bridgehead atoms. The van der Waals surface area contributed by atoms with Crippen LogP contribution in [0.1, 0.15) is 36.1 Å². The summed E-state index contributed by atoms with van der Waals surface area (Å²) in [5, 5.41) is 5.07. The molecule has 3 rings (SSSR count). The Morgan fingerprint density at radius 3 is 2.62 bits per heavy atom. The molecule has 1 amide bonds. The summed E-state index contributed by atoms with van der Waals surface area (Å²) < 4.78 is 1.78. The number of amides is 1. The first-order chi connectivity index (χ1) is 11.6. The highest BCUT2D eigenvalue weighted by molar-refractivity contribution is 6.31. The average molecular weight is 344 g/mol. The zero-order valence-electron chi connectivity index (χ0n) is 13.9. The number of piperidine rings is 1. The van der Waals surface area contributed by atoms with E-state index in [4.69, 9.17) is 11.6 Å². The van der Waals surface area contributed by atoms with Gasteiger partial charge in [-0.25, -0.2) is 4.68 Å². The van der Waals surface area contributed by atoms with Gasteiger partial charge in [-0.3, -0.25) is 4.79 Å². The third-order valence-corrected chi connectivity index (χ3v) is 4.74. The maximum Gasteiger partial charge on any atom is 0.246 e. The van der Waals surface area contributed by atoms with Gasteiger partial charge in [0, 0.05) is 24.7 Å². The Bertz CT molecular complexity index is 731. The van der Waals surface area contributed by atoms with E-state index in [2.05, 4.69) is 5.10 Å². The molecule has 0 aliphatic carbocycles. The molecule has 126 valence electrons. The van der Waals surface area contributed by atoms with Crippen LogP contribution in [0.25, 0.3) is 6.08 Å². The second-order valence-electron chi connectivity index (χ2n) is 6.15. The van der Waals surface area contributed by atoms with Gasteiger partial charge in [0.2, 0.25) is 5.91 Å². The molecular weight excluding hydrogens is 322 g/mol. The van der Waals surface area contributed by atoms with Crippen molar-refractivity contribution in [2.45, 2.75) is 32.7 Å². The summed E-state index contributed by atoms with van der Waals surface area (Å²) >= 11 is 6.47. The van der Waals surface area contributed by atoms with Crippen molar-refractivity contribution < 1.29 is 4.79 Å². The predicted octanol–water partition coefficient (Wildman–Crippen LogP) is 3.92. The number of hydrogen-bond acceptors (Lipinski definition) is 2. The van der Waals surface area contributed by atoms with E-state index in [0.717, 1.165) is 42.8 Å². The van der Waals surface area contributed by atoms with Gasteiger partial charge in [-0.1, -0.05) is 41.9 Å². The molecule has 1 saturated heterocycles. The number of rotatable bonds is 4. The van der Waals surface area contributed by atoms with E-state index in [-0.39, 0.29) is 5.91 Å². The minimum absolute atomic E-state index is 0.0565. The van der Waals surface area contributed by atoms with Crippen LogP contribution >= 0.6 is 11.6 Å². The van der Waals surface area contributed by atoms with Crippen molar-refractivity contribution in [3.8, 4) is 0 Å². The van der Waals surface area contributed by atoms with E-state index < -0.39 is 0 Å². The largest absolute Gasteiger partial charge is 0.339 e. The first kappa shape index (κ1) is 16.8. The molecule has 1 aliphatic rings. The van der Waals surface area contributed by atoms with Crippen LogP contribution in [0.3, 0.4) is 0 Å². The van der Waals surface area contributed by atoms with Crippen molar-refractivity contribution in [3.05, 3.63) is 58.4 Å². The Morgan fingerprint density at radius 1 is 1.21 bits per heavy atom. The first-order valence-corrected chi connectivity index (χ1v) is 8.77. The summed E-state index contributed by atoms with van der Waals surface area (Å²) in [4.78, 5) is 14.2. The van der Waals surface area contributed by atoms with Crippen molar-refractivity contribution in [1.82, 2.24) is 14.7 Å². The second kappa shape index (κ2) is 7.67. The topological polar surface area (TPSA) is 38.1 Å². The van der Waals surface area contributed by atoms with Gasteiger partial charge in [-0.05, 0) is 37.8 Å². The van der Waals surface area contributed by atoms with Gasteiger partial charge in [-0.15, -0.1) is 0 Å². The quantitative estimate of drug-likeness (QED) is 0.789. The molecule has 5 heteroatoms. The Balaban J connectivity index is 1.74. The molecule has 0 spiro atoms. The standard InChI is InChI=1S/C19H22ClN3O/c1-15-17(10-11-18(24)22-12-6-3-7-13-22)19(20)23(21-15)14-16-8-4-2-5-9-16/h2,4-5,8-11H,3,6-7,12-14H2,1H3/b11-10+. The summed E-state index contributed by atoms with van der Waals surface area (Å²) in [5.74, 6) is 0.0565. The molecule has 1 aromatic carbocycles. The molecule has 2 heterocycles. The summed E-state index contributed by atoms with van der Waals surface area (Å²) in [5.41, 5.74) is 2.79. The molecule has 1 aromatic heterocycles. The van der Waals surface area contributed by atoms with Crippen molar-refractivity contribution >= 4 is 23.6 Å². The molecule has 1 aliphatic heterocycles. The average Bonchev–Trinajstić information content (AvgIpc) is 2.88. The van der Waals surface area contributed by atoms with Gasteiger partial charge in [0.1, 0.15) is 5.15 Å². The third kappa shape index (κ3) is 3.88. The third-order valence-electron chi connectivity index (χ3n) is 4.34. The lowest BCUT2D eigenvalue weighted by Gasteiger charge is -2.25. The maximum absolute atomic E-state index is 12.3. The van der Waals surface area contributed by atoms with E-state index in [1.54, 1.807) is 16.8 Å². The number of carbonyl (C=O) groups excluding carboxylic acids is 1. The number of benzene rings is 1. The highest BCUT2D eigenvalue weighted by atomic mass is 35.5. The fourth-order valence-corrected chi connectivity index (χ4v) is 3.29. The van der Waals surface area contributed by atoms with Gasteiger partial charge in [0.05, 0.1) is 12.2 Å². The summed E-state index contributed by atoms with van der Waals surface area (Å²) in [6.07, 6.45) is 6.81. The second-order valence-corrected chi connectivity index (χ2v) is 6.51. The highest BCUT2D eigenvalue weighted by Crippen LogP contribution is 2.22. The Hall–Kier alpha value is -2.07. The van der Waals surface area contributed by atoms with Gasteiger partial charge in [0.25, 0.3) is 0 Å². The van der Waals surface area contributed by atoms with Crippen LogP contribution < -0.4 is 0 Å². The molecular formula is C19H22ClN3O. The molecule has 0 N–H and O–H groups in total. The van der Waals surface area contributed by atoms with Crippen LogP contribution in [0.15, 0.2) is 36.4 Å². The van der Waals surface area contributed by atoms with Crippen molar-refractivity contribution in [1.29, 1.82) is 0 Å². The highest BCUT2D eigenvalue weighted by Gasteiger charge is 2.15. The molecule has 1 fully saturated rings. The lowest BCUT2D eigenvalue weighted by Crippen LogP contribution is -2.34. The monoisotopic (exact) mass is 343 g/mol. The van der Waals surface area contributed by atoms with Crippen molar-refractivity contribution in [2.24, 2.45) is 0 Å². The minimum atomic E-state index is 0.0565. The number of nitrogens with zero attached hydrogens (tertiary/aromatic N) is 3. The number of aryl methyl sites for hydroxylation is 1.